The second-order valence-electron chi connectivity index (χ2n) is 2.82. The van der Waals surface area contributed by atoms with E-state index in [0.717, 1.165) is 5.56 Å². The molecule has 0 fully saturated rings. The molecule has 0 saturated heterocycles. The first-order chi connectivity index (χ1) is 6.67. The number of carbonyl (C=O) groups excluding carboxylic acids is 1. The molecule has 0 N–H and O–H groups in total. The third kappa shape index (κ3) is 3.00. The molecular weight excluding hydrogens is 267 g/mol. The van der Waals surface area contributed by atoms with Crippen molar-refractivity contribution in [2.24, 2.45) is 0 Å². The summed E-state index contributed by atoms with van der Waals surface area (Å²) in [5.74, 6) is 0.757. The van der Waals surface area contributed by atoms with Gasteiger partial charge in [-0.1, -0.05) is 33.6 Å². The zero-order valence-corrected chi connectivity index (χ0v) is 10.1. The van der Waals surface area contributed by atoms with E-state index in [1.165, 1.54) is 0 Å². The van der Waals surface area contributed by atoms with E-state index in [9.17, 15) is 4.79 Å². The van der Waals surface area contributed by atoms with Crippen LogP contribution in [0.4, 0.5) is 0 Å². The van der Waals surface area contributed by atoms with E-state index in [2.05, 4.69) is 15.9 Å². The molecule has 0 saturated carbocycles. The Bertz CT molecular complexity index is 339. The Balaban J connectivity index is 2.81. The second-order valence-corrected chi connectivity index (χ2v) is 3.79. The first-order valence-corrected chi connectivity index (χ1v) is 5.57. The molecule has 4 heteroatoms. The molecule has 0 aliphatic carbocycles. The molecule has 1 aromatic rings. The minimum Gasteiger partial charge on any atom is -0.495 e. The van der Waals surface area contributed by atoms with Gasteiger partial charge in [0.05, 0.1) is 17.5 Å². The number of rotatable bonds is 4. The summed E-state index contributed by atoms with van der Waals surface area (Å²) in [5.41, 5.74) is 0.903. The lowest BCUT2D eigenvalue weighted by molar-refractivity contribution is -0.115. The molecule has 14 heavy (non-hydrogen) atoms. The third-order valence-electron chi connectivity index (χ3n) is 1.77. The summed E-state index contributed by atoms with van der Waals surface area (Å²) in [6, 6.07) is 5.35. The van der Waals surface area contributed by atoms with Crippen LogP contribution in [0.3, 0.4) is 0 Å². The van der Waals surface area contributed by atoms with Crippen LogP contribution in [0.2, 0.25) is 5.02 Å². The van der Waals surface area contributed by atoms with Gasteiger partial charge in [-0.3, -0.25) is 4.79 Å². The zero-order valence-electron chi connectivity index (χ0n) is 7.72. The average molecular weight is 278 g/mol. The van der Waals surface area contributed by atoms with Crippen LogP contribution in [0.5, 0.6) is 5.75 Å². The van der Waals surface area contributed by atoms with Gasteiger partial charge in [0.1, 0.15) is 11.5 Å². The normalized spacial score (nSPS) is 9.93. The molecule has 0 radical (unpaired) electrons. The number of alkyl halides is 1. The van der Waals surface area contributed by atoms with Crippen molar-refractivity contribution in [3.05, 3.63) is 28.8 Å². The summed E-state index contributed by atoms with van der Waals surface area (Å²) >= 11 is 9.02. The van der Waals surface area contributed by atoms with Crippen molar-refractivity contribution in [3.8, 4) is 5.75 Å². The van der Waals surface area contributed by atoms with Gasteiger partial charge in [0.25, 0.3) is 0 Å². The van der Waals surface area contributed by atoms with Crippen LogP contribution in [0.25, 0.3) is 0 Å². The third-order valence-corrected chi connectivity index (χ3v) is 2.69. The number of hydrogen-bond acceptors (Lipinski definition) is 2. The number of Topliss-reactive ketones (excluding diaryl/α,β-unsaturated/α-hetero) is 1. The van der Waals surface area contributed by atoms with Gasteiger partial charge < -0.3 is 4.74 Å². The van der Waals surface area contributed by atoms with Crippen LogP contribution in [0, 0.1) is 0 Å². The van der Waals surface area contributed by atoms with Crippen molar-refractivity contribution >= 4 is 33.3 Å². The van der Waals surface area contributed by atoms with E-state index >= 15 is 0 Å². The molecule has 2 nitrogen and oxygen atoms in total. The average Bonchev–Trinajstić information content (AvgIpc) is 2.18. The fourth-order valence-corrected chi connectivity index (χ4v) is 1.57. The molecule has 0 aliphatic heterocycles. The SMILES string of the molecule is COc1ccc(CC(=O)CBr)cc1Cl. The smallest absolute Gasteiger partial charge is 0.147 e. The summed E-state index contributed by atoms with van der Waals surface area (Å²) in [5, 5.41) is 0.906. The highest BCUT2D eigenvalue weighted by atomic mass is 79.9. The van der Waals surface area contributed by atoms with E-state index in [1.54, 1.807) is 19.2 Å². The quantitative estimate of drug-likeness (QED) is 0.791. The molecule has 0 heterocycles. The molecule has 0 aliphatic rings. The summed E-state index contributed by atoms with van der Waals surface area (Å²) in [4.78, 5) is 11.1. The highest BCUT2D eigenvalue weighted by Gasteiger charge is 2.05. The topological polar surface area (TPSA) is 26.3 Å². The van der Waals surface area contributed by atoms with Gasteiger partial charge in [0.15, 0.2) is 0 Å². The molecule has 0 unspecified atom stereocenters. The van der Waals surface area contributed by atoms with Crippen LogP contribution in [0.1, 0.15) is 5.56 Å². The van der Waals surface area contributed by atoms with E-state index in [-0.39, 0.29) is 5.78 Å². The summed E-state index contributed by atoms with van der Waals surface area (Å²) in [6.07, 6.45) is 0.398. The molecule has 0 amide bonds. The van der Waals surface area contributed by atoms with Crippen LogP contribution in [-0.2, 0) is 11.2 Å². The number of methoxy groups -OCH3 is 1. The van der Waals surface area contributed by atoms with Crippen LogP contribution >= 0.6 is 27.5 Å². The van der Waals surface area contributed by atoms with Gasteiger partial charge in [0, 0.05) is 6.42 Å². The Hall–Kier alpha value is -0.540. The van der Waals surface area contributed by atoms with Crippen molar-refractivity contribution in [1.29, 1.82) is 0 Å². The van der Waals surface area contributed by atoms with Gasteiger partial charge in [-0.05, 0) is 17.7 Å². The van der Waals surface area contributed by atoms with Crippen molar-refractivity contribution in [2.45, 2.75) is 6.42 Å². The monoisotopic (exact) mass is 276 g/mol. The Morgan fingerprint density at radius 1 is 1.57 bits per heavy atom. The first-order valence-electron chi connectivity index (χ1n) is 4.07. The highest BCUT2D eigenvalue weighted by molar-refractivity contribution is 9.09. The molecular formula is C10H10BrClO2. The first kappa shape index (κ1) is 11.5. The van der Waals surface area contributed by atoms with Crippen molar-refractivity contribution in [3.63, 3.8) is 0 Å². The number of carbonyl (C=O) groups is 1. The Morgan fingerprint density at radius 2 is 2.29 bits per heavy atom. The maximum Gasteiger partial charge on any atom is 0.147 e. The van der Waals surface area contributed by atoms with Crippen molar-refractivity contribution < 1.29 is 9.53 Å². The number of benzene rings is 1. The number of hydrogen-bond donors (Lipinski definition) is 0. The fraction of sp³-hybridized carbons (Fsp3) is 0.300. The highest BCUT2D eigenvalue weighted by Crippen LogP contribution is 2.25. The molecule has 0 aromatic heterocycles. The molecule has 1 aromatic carbocycles. The Morgan fingerprint density at radius 3 is 2.79 bits per heavy atom. The lowest BCUT2D eigenvalue weighted by Gasteiger charge is -2.04. The predicted molar refractivity (Wildman–Crippen MR) is 60.5 cm³/mol. The number of halogens is 2. The minimum absolute atomic E-state index is 0.131. The second kappa shape index (κ2) is 5.37. The number of ketones is 1. The molecule has 0 bridgehead atoms. The fourth-order valence-electron chi connectivity index (χ4n) is 1.09. The van der Waals surface area contributed by atoms with Crippen molar-refractivity contribution in [1.82, 2.24) is 0 Å². The van der Waals surface area contributed by atoms with Gasteiger partial charge in [-0.2, -0.15) is 0 Å². The van der Waals surface area contributed by atoms with Gasteiger partial charge >= 0.3 is 0 Å². The molecule has 0 atom stereocenters. The van der Waals surface area contributed by atoms with E-state index in [4.69, 9.17) is 16.3 Å². The lowest BCUT2D eigenvalue weighted by Crippen LogP contribution is -2.03. The maximum atomic E-state index is 11.1. The largest absolute Gasteiger partial charge is 0.495 e. The predicted octanol–water partition coefficient (Wildman–Crippen LogP) is 2.86. The Kier molecular flexibility index (Phi) is 4.42. The Labute approximate surface area is 96.3 Å². The summed E-state index contributed by atoms with van der Waals surface area (Å²) < 4.78 is 5.01. The van der Waals surface area contributed by atoms with Gasteiger partial charge in [-0.15, -0.1) is 0 Å². The van der Waals surface area contributed by atoms with Crippen LogP contribution < -0.4 is 4.74 Å². The van der Waals surface area contributed by atoms with E-state index in [0.29, 0.717) is 22.5 Å². The summed E-state index contributed by atoms with van der Waals surface area (Å²) in [6.45, 7) is 0. The van der Waals surface area contributed by atoms with Gasteiger partial charge in [0.2, 0.25) is 0 Å². The number of ether oxygens (including phenoxy) is 1. The molecule has 1 rings (SSSR count). The lowest BCUT2D eigenvalue weighted by atomic mass is 10.1. The zero-order chi connectivity index (χ0) is 10.6. The standard InChI is InChI=1S/C10H10BrClO2/c1-14-10-3-2-7(5-9(10)12)4-8(13)6-11/h2-3,5H,4,6H2,1H3. The summed E-state index contributed by atoms with van der Waals surface area (Å²) in [7, 11) is 1.56. The van der Waals surface area contributed by atoms with Gasteiger partial charge in [-0.25, -0.2) is 0 Å². The van der Waals surface area contributed by atoms with E-state index in [1.807, 2.05) is 6.07 Å². The van der Waals surface area contributed by atoms with Crippen LogP contribution in [0.15, 0.2) is 18.2 Å². The van der Waals surface area contributed by atoms with E-state index < -0.39 is 0 Å². The maximum absolute atomic E-state index is 11.1. The van der Waals surface area contributed by atoms with Crippen LogP contribution in [-0.4, -0.2) is 18.2 Å². The minimum atomic E-state index is 0.131. The molecule has 76 valence electrons. The molecule has 0 spiro atoms. The van der Waals surface area contributed by atoms with Crippen molar-refractivity contribution in [2.75, 3.05) is 12.4 Å².